The van der Waals surface area contributed by atoms with Crippen LogP contribution >= 0.6 is 11.6 Å². The van der Waals surface area contributed by atoms with Crippen molar-refractivity contribution in [3.8, 4) is 12.3 Å². The van der Waals surface area contributed by atoms with Crippen LogP contribution in [0, 0.1) is 19.3 Å². The molecule has 0 aliphatic carbocycles. The summed E-state index contributed by atoms with van der Waals surface area (Å²) in [4.78, 5) is 0. The number of halogens is 1. The van der Waals surface area contributed by atoms with Crippen LogP contribution in [0.25, 0.3) is 0 Å². The molecule has 0 aliphatic rings. The molecule has 14 heavy (non-hydrogen) atoms. The molecule has 1 N–H and O–H groups in total. The summed E-state index contributed by atoms with van der Waals surface area (Å²) in [6.45, 7) is 3.67. The lowest BCUT2D eigenvalue weighted by Gasteiger charge is -2.04. The van der Waals surface area contributed by atoms with E-state index in [1.54, 1.807) is 0 Å². The summed E-state index contributed by atoms with van der Waals surface area (Å²) < 4.78 is 0. The van der Waals surface area contributed by atoms with Crippen LogP contribution in [0.4, 0.5) is 0 Å². The molecule has 0 atom stereocenters. The van der Waals surface area contributed by atoms with Gasteiger partial charge in [-0.15, -0.1) is 12.3 Å². The highest BCUT2D eigenvalue weighted by molar-refractivity contribution is 6.31. The Morgan fingerprint density at radius 2 is 2.29 bits per heavy atom. The van der Waals surface area contributed by atoms with E-state index in [-0.39, 0.29) is 0 Å². The lowest BCUT2D eigenvalue weighted by atomic mass is 10.1. The van der Waals surface area contributed by atoms with Crippen LogP contribution in [0.2, 0.25) is 5.02 Å². The van der Waals surface area contributed by atoms with E-state index in [4.69, 9.17) is 18.0 Å². The molecule has 1 rings (SSSR count). The topological polar surface area (TPSA) is 12.0 Å². The molecular formula is C12H14ClN. The molecule has 0 saturated heterocycles. The number of terminal acetylenes is 1. The molecule has 0 radical (unpaired) electrons. The first-order chi connectivity index (χ1) is 6.74. The van der Waals surface area contributed by atoms with Gasteiger partial charge < -0.3 is 5.32 Å². The summed E-state index contributed by atoms with van der Waals surface area (Å²) in [5.74, 6) is 2.59. The van der Waals surface area contributed by atoms with E-state index in [0.29, 0.717) is 0 Å². The summed E-state index contributed by atoms with van der Waals surface area (Å²) in [6.07, 6.45) is 5.90. The number of benzene rings is 1. The van der Waals surface area contributed by atoms with Crippen LogP contribution in [0.5, 0.6) is 0 Å². The molecule has 0 amide bonds. The third-order valence-electron chi connectivity index (χ3n) is 2.01. The zero-order valence-electron chi connectivity index (χ0n) is 8.31. The molecule has 1 aromatic carbocycles. The molecule has 0 heterocycles. The summed E-state index contributed by atoms with van der Waals surface area (Å²) in [5.41, 5.74) is 2.30. The van der Waals surface area contributed by atoms with Gasteiger partial charge in [0.05, 0.1) is 0 Å². The average Bonchev–Trinajstić information content (AvgIpc) is 2.18. The molecule has 0 spiro atoms. The minimum absolute atomic E-state index is 0.763. The maximum atomic E-state index is 5.99. The molecular weight excluding hydrogens is 194 g/mol. The Labute approximate surface area is 90.5 Å². The van der Waals surface area contributed by atoms with Crippen LogP contribution in [0.3, 0.4) is 0 Å². The SMILES string of the molecule is C#CCCNCc1ccc(C)c(Cl)c1. The average molecular weight is 208 g/mol. The Bertz CT molecular complexity index is 339. The van der Waals surface area contributed by atoms with Crippen molar-refractivity contribution in [2.24, 2.45) is 0 Å². The van der Waals surface area contributed by atoms with Crippen molar-refractivity contribution in [2.45, 2.75) is 19.9 Å². The van der Waals surface area contributed by atoms with Gasteiger partial charge in [0, 0.05) is 24.5 Å². The Morgan fingerprint density at radius 1 is 1.50 bits per heavy atom. The van der Waals surface area contributed by atoms with E-state index in [9.17, 15) is 0 Å². The lowest BCUT2D eigenvalue weighted by Crippen LogP contribution is -2.14. The van der Waals surface area contributed by atoms with Gasteiger partial charge in [0.15, 0.2) is 0 Å². The smallest absolute Gasteiger partial charge is 0.0438 e. The predicted molar refractivity (Wildman–Crippen MR) is 61.3 cm³/mol. The van der Waals surface area contributed by atoms with Gasteiger partial charge in [-0.2, -0.15) is 0 Å². The molecule has 74 valence electrons. The minimum atomic E-state index is 0.763. The monoisotopic (exact) mass is 207 g/mol. The summed E-state index contributed by atoms with van der Waals surface area (Å²) in [7, 11) is 0. The number of hydrogen-bond donors (Lipinski definition) is 1. The summed E-state index contributed by atoms with van der Waals surface area (Å²) in [6, 6.07) is 6.09. The summed E-state index contributed by atoms with van der Waals surface area (Å²) >= 11 is 5.99. The zero-order chi connectivity index (χ0) is 10.4. The van der Waals surface area contributed by atoms with Crippen LogP contribution < -0.4 is 5.32 Å². The van der Waals surface area contributed by atoms with Gasteiger partial charge in [0.25, 0.3) is 0 Å². The fraction of sp³-hybridized carbons (Fsp3) is 0.333. The third kappa shape index (κ3) is 3.41. The quantitative estimate of drug-likeness (QED) is 0.592. The molecule has 0 aliphatic heterocycles. The highest BCUT2D eigenvalue weighted by Crippen LogP contribution is 2.16. The molecule has 2 heteroatoms. The molecule has 0 aromatic heterocycles. The number of rotatable bonds is 4. The molecule has 0 unspecified atom stereocenters. The van der Waals surface area contributed by atoms with Crippen molar-refractivity contribution < 1.29 is 0 Å². The van der Waals surface area contributed by atoms with E-state index in [1.165, 1.54) is 5.56 Å². The number of aryl methyl sites for hydroxylation is 1. The maximum Gasteiger partial charge on any atom is 0.0438 e. The first-order valence-corrected chi connectivity index (χ1v) is 5.01. The van der Waals surface area contributed by atoms with Gasteiger partial charge >= 0.3 is 0 Å². The van der Waals surface area contributed by atoms with Gasteiger partial charge in [0.2, 0.25) is 0 Å². The van der Waals surface area contributed by atoms with Crippen LogP contribution in [0.15, 0.2) is 18.2 Å². The van der Waals surface area contributed by atoms with Gasteiger partial charge in [-0.1, -0.05) is 23.7 Å². The molecule has 0 bridgehead atoms. The Morgan fingerprint density at radius 3 is 2.93 bits per heavy atom. The Kier molecular flexibility index (Phi) is 4.52. The lowest BCUT2D eigenvalue weighted by molar-refractivity contribution is 0.701. The van der Waals surface area contributed by atoms with Gasteiger partial charge in [0.1, 0.15) is 0 Å². The predicted octanol–water partition coefficient (Wildman–Crippen LogP) is 2.76. The zero-order valence-corrected chi connectivity index (χ0v) is 9.06. The van der Waals surface area contributed by atoms with Crippen molar-refractivity contribution in [2.75, 3.05) is 6.54 Å². The second-order valence-electron chi connectivity index (χ2n) is 3.21. The van der Waals surface area contributed by atoms with Crippen LogP contribution in [0.1, 0.15) is 17.5 Å². The van der Waals surface area contributed by atoms with Gasteiger partial charge in [-0.25, -0.2) is 0 Å². The normalized spacial score (nSPS) is 9.79. The van der Waals surface area contributed by atoms with Crippen molar-refractivity contribution in [3.05, 3.63) is 34.3 Å². The van der Waals surface area contributed by atoms with E-state index in [1.807, 2.05) is 19.1 Å². The molecule has 1 aromatic rings. The Hall–Kier alpha value is -0.970. The molecule has 0 saturated carbocycles. The fourth-order valence-corrected chi connectivity index (χ4v) is 1.34. The Balaban J connectivity index is 2.44. The van der Waals surface area contributed by atoms with Crippen LogP contribution in [-0.4, -0.2) is 6.54 Å². The number of hydrogen-bond acceptors (Lipinski definition) is 1. The molecule has 0 fully saturated rings. The van der Waals surface area contributed by atoms with E-state index < -0.39 is 0 Å². The molecule has 1 nitrogen and oxygen atoms in total. The standard InChI is InChI=1S/C12H14ClN/c1-3-4-7-14-9-11-6-5-10(2)12(13)8-11/h1,5-6,8,14H,4,7,9H2,2H3. The second-order valence-corrected chi connectivity index (χ2v) is 3.62. The maximum absolute atomic E-state index is 5.99. The van der Waals surface area contributed by atoms with Gasteiger partial charge in [-0.3, -0.25) is 0 Å². The van der Waals surface area contributed by atoms with Gasteiger partial charge in [-0.05, 0) is 24.1 Å². The third-order valence-corrected chi connectivity index (χ3v) is 2.42. The fourth-order valence-electron chi connectivity index (χ4n) is 1.14. The number of nitrogens with one attached hydrogen (secondary N) is 1. The minimum Gasteiger partial charge on any atom is -0.312 e. The summed E-state index contributed by atoms with van der Waals surface area (Å²) in [5, 5.41) is 4.07. The van der Waals surface area contributed by atoms with E-state index in [0.717, 1.165) is 30.1 Å². The second kappa shape index (κ2) is 5.70. The highest BCUT2D eigenvalue weighted by atomic mass is 35.5. The highest BCUT2D eigenvalue weighted by Gasteiger charge is 1.96. The van der Waals surface area contributed by atoms with Crippen molar-refractivity contribution in [1.29, 1.82) is 0 Å². The first-order valence-electron chi connectivity index (χ1n) is 4.63. The van der Waals surface area contributed by atoms with Crippen molar-refractivity contribution in [1.82, 2.24) is 5.32 Å². The van der Waals surface area contributed by atoms with E-state index in [2.05, 4.69) is 17.3 Å². The first kappa shape index (κ1) is 11.1. The van der Waals surface area contributed by atoms with Crippen molar-refractivity contribution in [3.63, 3.8) is 0 Å². The van der Waals surface area contributed by atoms with Crippen LogP contribution in [-0.2, 0) is 6.54 Å². The van der Waals surface area contributed by atoms with E-state index >= 15 is 0 Å². The van der Waals surface area contributed by atoms with Crippen molar-refractivity contribution >= 4 is 11.6 Å². The largest absolute Gasteiger partial charge is 0.312 e.